The lowest BCUT2D eigenvalue weighted by Crippen LogP contribution is -1.93. The first-order chi connectivity index (χ1) is 3.79. The van der Waals surface area contributed by atoms with E-state index in [0.29, 0.717) is 5.95 Å². The summed E-state index contributed by atoms with van der Waals surface area (Å²) in [5, 5.41) is 0. The van der Waals surface area contributed by atoms with E-state index < -0.39 is 0 Å². The van der Waals surface area contributed by atoms with Crippen molar-refractivity contribution >= 4 is 28.5 Å². The van der Waals surface area contributed by atoms with E-state index >= 15 is 0 Å². The van der Waals surface area contributed by atoms with Crippen LogP contribution < -0.4 is 5.73 Å². The molecule has 1 aromatic rings. The summed E-state index contributed by atoms with van der Waals surface area (Å²) >= 11 is 2.07. The third kappa shape index (κ3) is 1.29. The molecule has 0 spiro atoms. The molecule has 2 N–H and O–H groups in total. The highest BCUT2D eigenvalue weighted by Gasteiger charge is 1.85. The van der Waals surface area contributed by atoms with Crippen LogP contribution in [-0.4, -0.2) is 9.97 Å². The molecule has 0 radical (unpaired) electrons. The Bertz CT molecular complexity index is 171. The number of aromatic nitrogens is 2. The zero-order valence-corrected chi connectivity index (χ0v) is 6.16. The molecule has 1 aromatic heterocycles. The predicted octanol–water partition coefficient (Wildman–Crippen LogP) is 0.663. The van der Waals surface area contributed by atoms with Crippen LogP contribution >= 0.6 is 22.6 Å². The molecule has 42 valence electrons. The number of hydrogen-bond acceptors (Lipinski definition) is 3. The summed E-state index contributed by atoms with van der Waals surface area (Å²) in [7, 11) is 0. The molecule has 0 aliphatic heterocycles. The van der Waals surface area contributed by atoms with Crippen LogP contribution in [0.2, 0.25) is 0 Å². The zero-order chi connectivity index (χ0) is 5.98. The molecule has 1 heterocycles. The summed E-state index contributed by atoms with van der Waals surface area (Å²) in [5.74, 6) is 0.330. The maximum Gasteiger partial charge on any atom is 0.220 e. The Labute approximate surface area is 60.5 Å². The van der Waals surface area contributed by atoms with Crippen molar-refractivity contribution in [2.45, 2.75) is 0 Å². The van der Waals surface area contributed by atoms with Crippen LogP contribution in [0.15, 0.2) is 12.3 Å². The van der Waals surface area contributed by atoms with E-state index in [0.717, 1.165) is 3.70 Å². The molecule has 3 nitrogen and oxygen atoms in total. The molecule has 0 atom stereocenters. The maximum atomic E-state index is 5.23. The number of hydrogen-bond donors (Lipinski definition) is 1. The van der Waals surface area contributed by atoms with Gasteiger partial charge < -0.3 is 5.73 Å². The van der Waals surface area contributed by atoms with E-state index in [1.165, 1.54) is 0 Å². The van der Waals surface area contributed by atoms with Crippen LogP contribution in [0.5, 0.6) is 0 Å². The van der Waals surface area contributed by atoms with Gasteiger partial charge >= 0.3 is 0 Å². The largest absolute Gasteiger partial charge is 0.368 e. The van der Waals surface area contributed by atoms with Gasteiger partial charge in [-0.15, -0.1) is 0 Å². The van der Waals surface area contributed by atoms with Crippen molar-refractivity contribution in [1.82, 2.24) is 9.97 Å². The van der Waals surface area contributed by atoms with Crippen molar-refractivity contribution < 1.29 is 0 Å². The minimum atomic E-state index is 0.330. The Balaban J connectivity index is 3.08. The Kier molecular flexibility index (Phi) is 1.62. The average Bonchev–Trinajstić information content (AvgIpc) is 1.64. The van der Waals surface area contributed by atoms with Crippen molar-refractivity contribution in [3.05, 3.63) is 16.0 Å². The van der Waals surface area contributed by atoms with Gasteiger partial charge in [0.2, 0.25) is 5.95 Å². The lowest BCUT2D eigenvalue weighted by atomic mass is 10.7. The lowest BCUT2D eigenvalue weighted by molar-refractivity contribution is 1.15. The molecule has 0 aliphatic rings. The van der Waals surface area contributed by atoms with Gasteiger partial charge in [0.15, 0.2) is 0 Å². The summed E-state index contributed by atoms with van der Waals surface area (Å²) in [6, 6.07) is 1.79. The third-order valence-electron chi connectivity index (χ3n) is 0.640. The van der Waals surface area contributed by atoms with E-state index in [1.54, 1.807) is 12.3 Å². The molecular weight excluding hydrogens is 217 g/mol. The number of anilines is 1. The third-order valence-corrected chi connectivity index (χ3v) is 1.24. The van der Waals surface area contributed by atoms with E-state index in [9.17, 15) is 0 Å². The monoisotopic (exact) mass is 221 g/mol. The highest BCUT2D eigenvalue weighted by Crippen LogP contribution is 1.98. The van der Waals surface area contributed by atoms with Crippen LogP contribution in [0.25, 0.3) is 0 Å². The fraction of sp³-hybridized carbons (Fsp3) is 0. The molecule has 0 fully saturated rings. The molecule has 0 bridgehead atoms. The molecular formula is C4H4IN3. The molecule has 8 heavy (non-hydrogen) atoms. The smallest absolute Gasteiger partial charge is 0.220 e. The summed E-state index contributed by atoms with van der Waals surface area (Å²) in [6.07, 6.45) is 1.63. The zero-order valence-electron chi connectivity index (χ0n) is 4.00. The van der Waals surface area contributed by atoms with E-state index in [4.69, 9.17) is 5.73 Å². The van der Waals surface area contributed by atoms with E-state index in [2.05, 4.69) is 32.6 Å². The molecule has 4 heteroatoms. The Morgan fingerprint density at radius 1 is 1.62 bits per heavy atom. The van der Waals surface area contributed by atoms with Crippen molar-refractivity contribution in [2.24, 2.45) is 0 Å². The number of halogens is 1. The number of nitrogen functional groups attached to an aromatic ring is 1. The SMILES string of the molecule is Nc1nccc(I)n1. The molecule has 0 amide bonds. The van der Waals surface area contributed by atoms with Gasteiger partial charge in [0, 0.05) is 6.20 Å². The van der Waals surface area contributed by atoms with Crippen molar-refractivity contribution in [3.63, 3.8) is 0 Å². The molecule has 0 saturated heterocycles. The molecule has 0 aromatic carbocycles. The second-order valence-electron chi connectivity index (χ2n) is 1.24. The highest BCUT2D eigenvalue weighted by molar-refractivity contribution is 14.1. The van der Waals surface area contributed by atoms with Gasteiger partial charge in [0.05, 0.1) is 0 Å². The fourth-order valence-corrected chi connectivity index (χ4v) is 0.759. The van der Waals surface area contributed by atoms with Crippen LogP contribution in [0, 0.1) is 3.70 Å². The second kappa shape index (κ2) is 2.25. The summed E-state index contributed by atoms with van der Waals surface area (Å²) in [6.45, 7) is 0. The number of nitrogens with two attached hydrogens (primary N) is 1. The Morgan fingerprint density at radius 2 is 2.38 bits per heavy atom. The van der Waals surface area contributed by atoms with E-state index in [-0.39, 0.29) is 0 Å². The molecule has 0 unspecified atom stereocenters. The highest BCUT2D eigenvalue weighted by atomic mass is 127. The second-order valence-corrected chi connectivity index (χ2v) is 2.34. The topological polar surface area (TPSA) is 51.8 Å². The van der Waals surface area contributed by atoms with Crippen LogP contribution in [0.3, 0.4) is 0 Å². The quantitative estimate of drug-likeness (QED) is 0.517. The minimum absolute atomic E-state index is 0.330. The van der Waals surface area contributed by atoms with Gasteiger partial charge in [0.25, 0.3) is 0 Å². The first-order valence-corrected chi connectivity index (χ1v) is 3.11. The van der Waals surface area contributed by atoms with Crippen molar-refractivity contribution in [3.8, 4) is 0 Å². The molecule has 1 rings (SSSR count). The number of rotatable bonds is 0. The maximum absolute atomic E-state index is 5.23. The van der Waals surface area contributed by atoms with Gasteiger partial charge in [-0.2, -0.15) is 0 Å². The molecule has 0 saturated carbocycles. The van der Waals surface area contributed by atoms with Crippen molar-refractivity contribution in [2.75, 3.05) is 5.73 Å². The first kappa shape index (κ1) is 5.74. The molecule has 0 aliphatic carbocycles. The lowest BCUT2D eigenvalue weighted by Gasteiger charge is -1.87. The van der Waals surface area contributed by atoms with Gasteiger partial charge in [0.1, 0.15) is 3.70 Å². The summed E-state index contributed by atoms with van der Waals surface area (Å²) in [5.41, 5.74) is 5.23. The normalized spacial score (nSPS) is 9.12. The van der Waals surface area contributed by atoms with Gasteiger partial charge in [-0.1, -0.05) is 0 Å². The minimum Gasteiger partial charge on any atom is -0.368 e. The van der Waals surface area contributed by atoms with Gasteiger partial charge in [-0.3, -0.25) is 0 Å². The summed E-state index contributed by atoms with van der Waals surface area (Å²) in [4.78, 5) is 7.53. The van der Waals surface area contributed by atoms with Crippen LogP contribution in [-0.2, 0) is 0 Å². The average molecular weight is 221 g/mol. The van der Waals surface area contributed by atoms with Gasteiger partial charge in [-0.05, 0) is 28.7 Å². The first-order valence-electron chi connectivity index (χ1n) is 2.03. The van der Waals surface area contributed by atoms with Crippen molar-refractivity contribution in [1.29, 1.82) is 0 Å². The van der Waals surface area contributed by atoms with Gasteiger partial charge in [-0.25, -0.2) is 9.97 Å². The van der Waals surface area contributed by atoms with E-state index in [1.807, 2.05) is 0 Å². The predicted molar refractivity (Wildman–Crippen MR) is 39.2 cm³/mol. The Morgan fingerprint density at radius 3 is 2.75 bits per heavy atom. The number of nitrogens with zero attached hydrogens (tertiary/aromatic N) is 2. The van der Waals surface area contributed by atoms with Crippen LogP contribution in [0.4, 0.5) is 5.95 Å². The standard InChI is InChI=1S/C4H4IN3/c5-3-1-2-7-4(6)8-3/h1-2H,(H2,6,7,8). The summed E-state index contributed by atoms with van der Waals surface area (Å²) < 4.78 is 0.870. The fourth-order valence-electron chi connectivity index (χ4n) is 0.351. The Hall–Kier alpha value is -0.390. The van der Waals surface area contributed by atoms with Crippen LogP contribution in [0.1, 0.15) is 0 Å².